The smallest absolute Gasteiger partial charge is 0.282 e. The summed E-state index contributed by atoms with van der Waals surface area (Å²) in [7, 11) is 0. The molecular weight excluding hydrogens is 314 g/mol. The van der Waals surface area contributed by atoms with E-state index in [-0.39, 0.29) is 22.8 Å². The molecule has 0 saturated carbocycles. The number of halogens is 1. The summed E-state index contributed by atoms with van der Waals surface area (Å²) in [4.78, 5) is 27.6. The van der Waals surface area contributed by atoms with Crippen LogP contribution >= 0.6 is 22.9 Å². The first-order valence-electron chi connectivity index (χ1n) is 6.03. The van der Waals surface area contributed by atoms with Gasteiger partial charge in [-0.2, -0.15) is 0 Å². The minimum Gasteiger partial charge on any atom is -0.347 e. The molecule has 2 aromatic rings. The van der Waals surface area contributed by atoms with E-state index in [4.69, 9.17) is 11.6 Å². The van der Waals surface area contributed by atoms with E-state index in [1.807, 2.05) is 13.8 Å². The number of aryl methyl sites for hydroxylation is 2. The Balaban J connectivity index is 2.19. The highest BCUT2D eigenvalue weighted by Gasteiger charge is 2.20. The lowest BCUT2D eigenvalue weighted by Gasteiger charge is -2.05. The number of benzene rings is 1. The van der Waals surface area contributed by atoms with Crippen molar-refractivity contribution in [1.29, 1.82) is 0 Å². The van der Waals surface area contributed by atoms with Gasteiger partial charge in [-0.15, -0.1) is 11.3 Å². The number of amides is 1. The average molecular weight is 326 g/mol. The first-order chi connectivity index (χ1) is 9.88. The molecule has 0 aliphatic rings. The van der Waals surface area contributed by atoms with E-state index in [0.29, 0.717) is 0 Å². The summed E-state index contributed by atoms with van der Waals surface area (Å²) < 4.78 is 0. The Morgan fingerprint density at radius 2 is 2.19 bits per heavy atom. The van der Waals surface area contributed by atoms with Crippen LogP contribution in [0, 0.1) is 24.0 Å². The van der Waals surface area contributed by atoms with E-state index >= 15 is 0 Å². The lowest BCUT2D eigenvalue weighted by Crippen LogP contribution is -2.23. The number of hydrogen-bond donors (Lipinski definition) is 1. The highest BCUT2D eigenvalue weighted by molar-refractivity contribution is 7.11. The lowest BCUT2D eigenvalue weighted by molar-refractivity contribution is -0.385. The highest BCUT2D eigenvalue weighted by Crippen LogP contribution is 2.23. The first-order valence-corrected chi connectivity index (χ1v) is 7.23. The van der Waals surface area contributed by atoms with Crippen LogP contribution in [-0.4, -0.2) is 15.8 Å². The fourth-order valence-corrected chi connectivity index (χ4v) is 2.89. The van der Waals surface area contributed by atoms with Gasteiger partial charge in [0.25, 0.3) is 11.6 Å². The summed E-state index contributed by atoms with van der Waals surface area (Å²) in [6, 6.07) is 3.90. The summed E-state index contributed by atoms with van der Waals surface area (Å²) in [5, 5.41) is 14.8. The maximum Gasteiger partial charge on any atom is 0.282 e. The summed E-state index contributed by atoms with van der Waals surface area (Å²) in [5.41, 5.74) is 0.527. The largest absolute Gasteiger partial charge is 0.347 e. The van der Waals surface area contributed by atoms with E-state index in [9.17, 15) is 14.9 Å². The zero-order valence-corrected chi connectivity index (χ0v) is 12.9. The maximum absolute atomic E-state index is 12.1. The van der Waals surface area contributed by atoms with E-state index < -0.39 is 10.8 Å². The molecule has 0 aliphatic carbocycles. The van der Waals surface area contributed by atoms with Crippen molar-refractivity contribution >= 4 is 34.5 Å². The Labute approximate surface area is 129 Å². The van der Waals surface area contributed by atoms with Gasteiger partial charge in [0.15, 0.2) is 0 Å². The van der Waals surface area contributed by atoms with Crippen molar-refractivity contribution in [2.75, 3.05) is 0 Å². The third kappa shape index (κ3) is 3.56. The van der Waals surface area contributed by atoms with Crippen LogP contribution in [0.15, 0.2) is 18.2 Å². The molecule has 1 heterocycles. The van der Waals surface area contributed by atoms with Gasteiger partial charge in [0.2, 0.25) is 0 Å². The third-order valence-corrected chi connectivity index (χ3v) is 4.12. The molecule has 1 aromatic carbocycles. The van der Waals surface area contributed by atoms with Gasteiger partial charge in [0, 0.05) is 16.0 Å². The van der Waals surface area contributed by atoms with Crippen LogP contribution in [0.3, 0.4) is 0 Å². The standard InChI is InChI=1S/C13H12ClN3O3S/c1-7-12(21-8(2)16-7)6-15-13(18)10-5-9(14)3-4-11(10)17(19)20/h3-5H,6H2,1-2H3,(H,15,18). The van der Waals surface area contributed by atoms with Crippen LogP contribution in [0.2, 0.25) is 5.02 Å². The average Bonchev–Trinajstić information content (AvgIpc) is 2.73. The van der Waals surface area contributed by atoms with Gasteiger partial charge in [-0.3, -0.25) is 14.9 Å². The van der Waals surface area contributed by atoms with Crippen LogP contribution in [0.1, 0.15) is 25.9 Å². The second-order valence-corrected chi connectivity index (χ2v) is 6.07. The number of nitrogens with one attached hydrogen (secondary N) is 1. The molecule has 110 valence electrons. The van der Waals surface area contributed by atoms with Gasteiger partial charge in [0.1, 0.15) is 5.56 Å². The number of nitro benzene ring substituents is 1. The molecule has 2 rings (SSSR count). The van der Waals surface area contributed by atoms with Crippen LogP contribution in [-0.2, 0) is 6.54 Å². The fourth-order valence-electron chi connectivity index (χ4n) is 1.84. The van der Waals surface area contributed by atoms with Gasteiger partial charge in [0.05, 0.1) is 22.2 Å². The number of aromatic nitrogens is 1. The second kappa shape index (κ2) is 6.19. The number of carbonyl (C=O) groups excluding carboxylic acids is 1. The predicted molar refractivity (Wildman–Crippen MR) is 80.9 cm³/mol. The predicted octanol–water partition coefficient (Wildman–Crippen LogP) is 3.25. The maximum atomic E-state index is 12.1. The van der Waals surface area contributed by atoms with E-state index in [1.165, 1.54) is 29.5 Å². The van der Waals surface area contributed by atoms with Crippen molar-refractivity contribution in [1.82, 2.24) is 10.3 Å². The molecule has 1 aromatic heterocycles. The summed E-state index contributed by atoms with van der Waals surface area (Å²) in [6.45, 7) is 4.01. The van der Waals surface area contributed by atoms with Crippen LogP contribution in [0.5, 0.6) is 0 Å². The Morgan fingerprint density at radius 3 is 2.76 bits per heavy atom. The number of nitrogens with zero attached hydrogens (tertiary/aromatic N) is 2. The molecule has 0 spiro atoms. The summed E-state index contributed by atoms with van der Waals surface area (Å²) >= 11 is 7.28. The molecule has 0 radical (unpaired) electrons. The molecule has 6 nitrogen and oxygen atoms in total. The zero-order valence-electron chi connectivity index (χ0n) is 11.3. The second-order valence-electron chi connectivity index (χ2n) is 4.34. The number of carbonyl (C=O) groups is 1. The van der Waals surface area contributed by atoms with Crippen LogP contribution in [0.4, 0.5) is 5.69 Å². The fraction of sp³-hybridized carbons (Fsp3) is 0.231. The van der Waals surface area contributed by atoms with Crippen molar-refractivity contribution in [2.45, 2.75) is 20.4 Å². The minimum absolute atomic E-state index is 0.0496. The molecule has 0 aliphatic heterocycles. The van der Waals surface area contributed by atoms with Crippen LogP contribution in [0.25, 0.3) is 0 Å². The van der Waals surface area contributed by atoms with Crippen molar-refractivity contribution in [2.24, 2.45) is 0 Å². The minimum atomic E-state index is -0.604. The van der Waals surface area contributed by atoms with E-state index in [0.717, 1.165) is 15.6 Å². The SMILES string of the molecule is Cc1nc(C)c(CNC(=O)c2cc(Cl)ccc2[N+](=O)[O-])s1. The monoisotopic (exact) mass is 325 g/mol. The van der Waals surface area contributed by atoms with Crippen molar-refractivity contribution in [3.8, 4) is 0 Å². The van der Waals surface area contributed by atoms with Gasteiger partial charge in [-0.25, -0.2) is 4.98 Å². The lowest BCUT2D eigenvalue weighted by atomic mass is 10.1. The van der Waals surface area contributed by atoms with E-state index in [1.54, 1.807) is 0 Å². The third-order valence-electron chi connectivity index (χ3n) is 2.81. The summed E-state index contributed by atoms with van der Waals surface area (Å²) in [6.07, 6.45) is 0. The first kappa shape index (κ1) is 15.4. The molecule has 1 N–H and O–H groups in total. The normalized spacial score (nSPS) is 10.4. The molecule has 1 amide bonds. The Morgan fingerprint density at radius 1 is 1.48 bits per heavy atom. The molecule has 0 atom stereocenters. The number of hydrogen-bond acceptors (Lipinski definition) is 5. The Bertz CT molecular complexity index is 715. The Hall–Kier alpha value is -1.99. The molecule has 8 heteroatoms. The molecule has 0 saturated heterocycles. The van der Waals surface area contributed by atoms with Gasteiger partial charge < -0.3 is 5.32 Å². The van der Waals surface area contributed by atoms with Gasteiger partial charge in [-0.05, 0) is 26.0 Å². The molecule has 21 heavy (non-hydrogen) atoms. The molecular formula is C13H12ClN3O3S. The van der Waals surface area contributed by atoms with Crippen molar-refractivity contribution in [3.63, 3.8) is 0 Å². The molecule has 0 unspecified atom stereocenters. The van der Waals surface area contributed by atoms with E-state index in [2.05, 4.69) is 10.3 Å². The van der Waals surface area contributed by atoms with Crippen LogP contribution < -0.4 is 5.32 Å². The van der Waals surface area contributed by atoms with Gasteiger partial charge >= 0.3 is 0 Å². The quantitative estimate of drug-likeness (QED) is 0.690. The number of thiazole rings is 1. The molecule has 0 bridgehead atoms. The Kier molecular flexibility index (Phi) is 4.54. The topological polar surface area (TPSA) is 85.1 Å². The highest BCUT2D eigenvalue weighted by atomic mass is 35.5. The van der Waals surface area contributed by atoms with Crippen molar-refractivity contribution in [3.05, 3.63) is 54.5 Å². The number of nitro groups is 1. The molecule has 0 fully saturated rings. The number of rotatable bonds is 4. The van der Waals surface area contributed by atoms with Crippen molar-refractivity contribution < 1.29 is 9.72 Å². The zero-order chi connectivity index (χ0) is 15.6. The summed E-state index contributed by atoms with van der Waals surface area (Å²) in [5.74, 6) is -0.533. The van der Waals surface area contributed by atoms with Gasteiger partial charge in [-0.1, -0.05) is 11.6 Å².